The first-order valence-corrected chi connectivity index (χ1v) is 9.27. The van der Waals surface area contributed by atoms with Gasteiger partial charge in [-0.1, -0.05) is 40.2 Å². The Balaban J connectivity index is 1.71. The maximum Gasteiger partial charge on any atom is 0.276 e. The van der Waals surface area contributed by atoms with Gasteiger partial charge in [0, 0.05) is 10.7 Å². The van der Waals surface area contributed by atoms with Gasteiger partial charge in [-0.05, 0) is 47.5 Å². The number of hydrogen-bond acceptors (Lipinski definition) is 4. The Morgan fingerprint density at radius 3 is 2.54 bits per heavy atom. The van der Waals surface area contributed by atoms with Crippen LogP contribution in [0.3, 0.4) is 0 Å². The van der Waals surface area contributed by atoms with Crippen molar-refractivity contribution in [2.24, 2.45) is 5.10 Å². The molecule has 1 amide bonds. The predicted molar refractivity (Wildman–Crippen MR) is 112 cm³/mol. The second-order valence-corrected chi connectivity index (χ2v) is 6.87. The van der Waals surface area contributed by atoms with Crippen molar-refractivity contribution in [3.63, 3.8) is 0 Å². The van der Waals surface area contributed by atoms with E-state index in [9.17, 15) is 9.59 Å². The van der Waals surface area contributed by atoms with Gasteiger partial charge in [0.2, 0.25) is 0 Å². The van der Waals surface area contributed by atoms with Crippen LogP contribution in [0.15, 0.2) is 81.2 Å². The van der Waals surface area contributed by atoms with Gasteiger partial charge < -0.3 is 9.30 Å². The normalized spacial score (nSPS) is 10.8. The van der Waals surface area contributed by atoms with E-state index in [0.717, 1.165) is 21.3 Å². The number of nitrogens with one attached hydrogen (secondary N) is 1. The minimum absolute atomic E-state index is 0.0315. The summed E-state index contributed by atoms with van der Waals surface area (Å²) >= 11 is 3.36. The maximum atomic E-state index is 12.6. The van der Waals surface area contributed by atoms with Crippen molar-refractivity contribution in [2.45, 2.75) is 6.54 Å². The summed E-state index contributed by atoms with van der Waals surface area (Å²) in [5.41, 5.74) is 3.80. The molecule has 0 bridgehead atoms. The highest BCUT2D eigenvalue weighted by molar-refractivity contribution is 9.10. The van der Waals surface area contributed by atoms with Gasteiger partial charge in [-0.3, -0.25) is 9.59 Å². The van der Waals surface area contributed by atoms with Crippen molar-refractivity contribution in [1.82, 2.24) is 9.99 Å². The van der Waals surface area contributed by atoms with Gasteiger partial charge in [-0.2, -0.15) is 5.10 Å². The van der Waals surface area contributed by atoms with Crippen LogP contribution in [0.5, 0.6) is 5.75 Å². The lowest BCUT2D eigenvalue weighted by atomic mass is 10.2. The van der Waals surface area contributed by atoms with Gasteiger partial charge in [0.05, 0.1) is 19.9 Å². The van der Waals surface area contributed by atoms with E-state index in [2.05, 4.69) is 26.5 Å². The molecule has 0 saturated heterocycles. The number of halogens is 1. The molecule has 1 aromatic heterocycles. The lowest BCUT2D eigenvalue weighted by Gasteiger charge is -2.08. The van der Waals surface area contributed by atoms with E-state index in [1.165, 1.54) is 16.8 Å². The third kappa shape index (κ3) is 4.95. The number of hydrogen-bond donors (Lipinski definition) is 1. The molecule has 0 atom stereocenters. The van der Waals surface area contributed by atoms with Crippen LogP contribution in [0.4, 0.5) is 0 Å². The number of amides is 1. The van der Waals surface area contributed by atoms with Crippen LogP contribution in [0, 0.1) is 0 Å². The Labute approximate surface area is 170 Å². The summed E-state index contributed by atoms with van der Waals surface area (Å²) in [7, 11) is 1.60. The largest absolute Gasteiger partial charge is 0.497 e. The average molecular weight is 440 g/mol. The third-order valence-corrected chi connectivity index (χ3v) is 4.56. The van der Waals surface area contributed by atoms with Crippen LogP contribution in [0.25, 0.3) is 0 Å². The molecule has 7 heteroatoms. The Morgan fingerprint density at radius 1 is 1.14 bits per heavy atom. The molecule has 6 nitrogen and oxygen atoms in total. The van der Waals surface area contributed by atoms with Crippen LogP contribution in [-0.2, 0) is 6.54 Å². The molecule has 142 valence electrons. The molecule has 3 aromatic rings. The summed E-state index contributed by atoms with van der Waals surface area (Å²) in [6, 6.07) is 18.0. The van der Waals surface area contributed by atoms with Crippen molar-refractivity contribution < 1.29 is 9.53 Å². The first kappa shape index (κ1) is 19.6. The highest BCUT2D eigenvalue weighted by Crippen LogP contribution is 2.12. The molecular weight excluding hydrogens is 422 g/mol. The Bertz CT molecular complexity index is 1040. The number of pyridine rings is 1. The standard InChI is InChI=1S/C21H18BrN3O3/c1-28-18-10-6-16(7-11-18)14-25-12-2-3-19(21(25)27)20(26)24-23-13-15-4-8-17(22)9-5-15/h2-13H,14H2,1H3,(H,24,26)/b23-13-. The molecule has 28 heavy (non-hydrogen) atoms. The van der Waals surface area contributed by atoms with E-state index in [1.54, 1.807) is 19.4 Å². The molecule has 0 aliphatic rings. The number of aromatic nitrogens is 1. The smallest absolute Gasteiger partial charge is 0.276 e. The van der Waals surface area contributed by atoms with Crippen molar-refractivity contribution in [2.75, 3.05) is 7.11 Å². The maximum absolute atomic E-state index is 12.6. The summed E-state index contributed by atoms with van der Waals surface area (Å²) in [4.78, 5) is 25.0. The minimum Gasteiger partial charge on any atom is -0.497 e. The topological polar surface area (TPSA) is 72.7 Å². The van der Waals surface area contributed by atoms with E-state index in [0.29, 0.717) is 6.54 Å². The number of benzene rings is 2. The molecule has 0 fully saturated rings. The summed E-state index contributed by atoms with van der Waals surface area (Å²) < 4.78 is 7.57. The number of carbonyl (C=O) groups excluding carboxylic acids is 1. The first-order chi connectivity index (χ1) is 13.6. The molecule has 0 spiro atoms. The average Bonchev–Trinajstić information content (AvgIpc) is 2.71. The van der Waals surface area contributed by atoms with E-state index in [1.807, 2.05) is 48.5 Å². The number of nitrogens with zero attached hydrogens (tertiary/aromatic N) is 2. The molecule has 1 N–H and O–H groups in total. The summed E-state index contributed by atoms with van der Waals surface area (Å²) in [5, 5.41) is 3.92. The van der Waals surface area contributed by atoms with Gasteiger partial charge in [0.25, 0.3) is 11.5 Å². The van der Waals surface area contributed by atoms with Crippen LogP contribution < -0.4 is 15.7 Å². The van der Waals surface area contributed by atoms with E-state index >= 15 is 0 Å². The molecule has 0 aliphatic carbocycles. The summed E-state index contributed by atoms with van der Waals surface area (Å²) in [5.74, 6) is 0.190. The number of hydrazone groups is 1. The second-order valence-electron chi connectivity index (χ2n) is 5.95. The number of methoxy groups -OCH3 is 1. The molecule has 0 radical (unpaired) electrons. The lowest BCUT2D eigenvalue weighted by Crippen LogP contribution is -2.30. The molecule has 3 rings (SSSR count). The molecular formula is C21H18BrN3O3. The Morgan fingerprint density at radius 2 is 1.86 bits per heavy atom. The highest BCUT2D eigenvalue weighted by Gasteiger charge is 2.11. The van der Waals surface area contributed by atoms with Crippen LogP contribution in [-0.4, -0.2) is 23.8 Å². The number of carbonyl (C=O) groups is 1. The van der Waals surface area contributed by atoms with Crippen molar-refractivity contribution in [1.29, 1.82) is 0 Å². The van der Waals surface area contributed by atoms with E-state index < -0.39 is 5.91 Å². The fourth-order valence-corrected chi connectivity index (χ4v) is 2.80. The van der Waals surface area contributed by atoms with Crippen LogP contribution >= 0.6 is 15.9 Å². The van der Waals surface area contributed by atoms with Crippen molar-refractivity contribution in [3.8, 4) is 5.75 Å². The van der Waals surface area contributed by atoms with Gasteiger partial charge in [0.1, 0.15) is 11.3 Å². The van der Waals surface area contributed by atoms with Gasteiger partial charge in [0.15, 0.2) is 0 Å². The zero-order chi connectivity index (χ0) is 19.9. The Hall–Kier alpha value is -3.19. The zero-order valence-electron chi connectivity index (χ0n) is 15.1. The second kappa shape index (κ2) is 9.14. The van der Waals surface area contributed by atoms with Crippen molar-refractivity contribution >= 4 is 28.1 Å². The summed E-state index contributed by atoms with van der Waals surface area (Å²) in [6.07, 6.45) is 3.16. The minimum atomic E-state index is -0.553. The van der Waals surface area contributed by atoms with Crippen LogP contribution in [0.2, 0.25) is 0 Å². The Kier molecular flexibility index (Phi) is 6.39. The van der Waals surface area contributed by atoms with Gasteiger partial charge in [-0.15, -0.1) is 0 Å². The zero-order valence-corrected chi connectivity index (χ0v) is 16.7. The van der Waals surface area contributed by atoms with Gasteiger partial charge >= 0.3 is 0 Å². The molecule has 1 heterocycles. The van der Waals surface area contributed by atoms with Crippen LogP contribution in [0.1, 0.15) is 21.5 Å². The molecule has 0 aliphatic heterocycles. The molecule has 2 aromatic carbocycles. The molecule has 0 saturated carbocycles. The van der Waals surface area contributed by atoms with E-state index in [4.69, 9.17) is 4.74 Å². The fourth-order valence-electron chi connectivity index (χ4n) is 2.54. The van der Waals surface area contributed by atoms with Gasteiger partial charge in [-0.25, -0.2) is 5.43 Å². The monoisotopic (exact) mass is 439 g/mol. The first-order valence-electron chi connectivity index (χ1n) is 8.48. The predicted octanol–water partition coefficient (Wildman–Crippen LogP) is 3.43. The number of ether oxygens (including phenoxy) is 1. The lowest BCUT2D eigenvalue weighted by molar-refractivity contribution is 0.0953. The SMILES string of the molecule is COc1ccc(Cn2cccc(C(=O)N/N=C\c3ccc(Br)cc3)c2=O)cc1. The molecule has 0 unspecified atom stereocenters. The van der Waals surface area contributed by atoms with E-state index in [-0.39, 0.29) is 11.1 Å². The number of rotatable bonds is 6. The fraction of sp³-hybridized carbons (Fsp3) is 0.0952. The highest BCUT2D eigenvalue weighted by atomic mass is 79.9. The third-order valence-electron chi connectivity index (χ3n) is 4.03. The quantitative estimate of drug-likeness (QED) is 0.472. The van der Waals surface area contributed by atoms with Crippen molar-refractivity contribution in [3.05, 3.63) is 98.4 Å². The summed E-state index contributed by atoms with van der Waals surface area (Å²) in [6.45, 7) is 0.353.